The maximum Gasteiger partial charge on any atom is 0.313 e. The molecule has 0 aliphatic rings. The van der Waals surface area contributed by atoms with Gasteiger partial charge in [0.15, 0.2) is 0 Å². The SMILES string of the molecule is CCN(c1ccccc1)C(C)SCC(=O)O. The van der Waals surface area contributed by atoms with Gasteiger partial charge in [-0.15, -0.1) is 11.8 Å². The topological polar surface area (TPSA) is 40.5 Å². The van der Waals surface area contributed by atoms with E-state index in [0.29, 0.717) is 0 Å². The first-order valence-electron chi connectivity index (χ1n) is 5.30. The van der Waals surface area contributed by atoms with Gasteiger partial charge in [0.1, 0.15) is 0 Å². The molecule has 1 atom stereocenters. The van der Waals surface area contributed by atoms with Crippen LogP contribution < -0.4 is 4.90 Å². The number of carboxylic acid groups (broad SMARTS) is 1. The highest BCUT2D eigenvalue weighted by Gasteiger charge is 2.13. The number of hydrogen-bond donors (Lipinski definition) is 1. The Bertz CT molecular complexity index is 329. The summed E-state index contributed by atoms with van der Waals surface area (Å²) in [7, 11) is 0. The molecule has 0 fully saturated rings. The summed E-state index contributed by atoms with van der Waals surface area (Å²) in [5.41, 5.74) is 1.13. The molecule has 16 heavy (non-hydrogen) atoms. The molecule has 0 saturated heterocycles. The Morgan fingerprint density at radius 1 is 1.44 bits per heavy atom. The number of aliphatic carboxylic acids is 1. The Labute approximate surface area is 100 Å². The zero-order valence-electron chi connectivity index (χ0n) is 9.59. The molecule has 0 bridgehead atoms. The maximum atomic E-state index is 10.5. The van der Waals surface area contributed by atoms with Crippen molar-refractivity contribution < 1.29 is 9.90 Å². The van der Waals surface area contributed by atoms with Crippen LogP contribution in [0, 0.1) is 0 Å². The summed E-state index contributed by atoms with van der Waals surface area (Å²) in [6.07, 6.45) is 0. The minimum Gasteiger partial charge on any atom is -0.481 e. The van der Waals surface area contributed by atoms with Crippen LogP contribution in [0.15, 0.2) is 30.3 Å². The first-order chi connectivity index (χ1) is 7.65. The lowest BCUT2D eigenvalue weighted by Gasteiger charge is -2.29. The monoisotopic (exact) mass is 239 g/mol. The molecule has 0 aliphatic heterocycles. The average molecular weight is 239 g/mol. The fourth-order valence-corrected chi connectivity index (χ4v) is 2.39. The summed E-state index contributed by atoms with van der Waals surface area (Å²) >= 11 is 1.44. The van der Waals surface area contributed by atoms with Crippen molar-refractivity contribution in [2.75, 3.05) is 17.2 Å². The molecule has 1 aromatic carbocycles. The first kappa shape index (κ1) is 12.9. The van der Waals surface area contributed by atoms with Gasteiger partial charge in [0.05, 0.1) is 11.1 Å². The third kappa shape index (κ3) is 3.77. The predicted molar refractivity (Wildman–Crippen MR) is 69.0 cm³/mol. The van der Waals surface area contributed by atoms with Gasteiger partial charge in [-0.1, -0.05) is 18.2 Å². The van der Waals surface area contributed by atoms with Crippen molar-refractivity contribution in [1.29, 1.82) is 0 Å². The van der Waals surface area contributed by atoms with E-state index < -0.39 is 5.97 Å². The Balaban J connectivity index is 2.63. The number of nitrogens with zero attached hydrogens (tertiary/aromatic N) is 1. The van der Waals surface area contributed by atoms with Gasteiger partial charge in [-0.25, -0.2) is 0 Å². The Morgan fingerprint density at radius 3 is 2.56 bits per heavy atom. The lowest BCUT2D eigenvalue weighted by molar-refractivity contribution is -0.133. The summed E-state index contributed by atoms with van der Waals surface area (Å²) in [6.45, 7) is 4.98. The molecule has 1 N–H and O–H groups in total. The summed E-state index contributed by atoms with van der Waals surface area (Å²) in [5, 5.41) is 8.82. The van der Waals surface area contributed by atoms with Crippen molar-refractivity contribution >= 4 is 23.4 Å². The van der Waals surface area contributed by atoms with Crippen LogP contribution in [0.3, 0.4) is 0 Å². The van der Waals surface area contributed by atoms with Crippen LogP contribution in [0.1, 0.15) is 13.8 Å². The Morgan fingerprint density at radius 2 is 2.06 bits per heavy atom. The molecule has 0 spiro atoms. The van der Waals surface area contributed by atoms with E-state index in [2.05, 4.69) is 11.8 Å². The molecular weight excluding hydrogens is 222 g/mol. The van der Waals surface area contributed by atoms with E-state index in [1.165, 1.54) is 11.8 Å². The van der Waals surface area contributed by atoms with Gasteiger partial charge < -0.3 is 10.0 Å². The molecule has 0 saturated carbocycles. The maximum absolute atomic E-state index is 10.5. The van der Waals surface area contributed by atoms with Crippen molar-refractivity contribution in [3.8, 4) is 0 Å². The van der Waals surface area contributed by atoms with E-state index in [0.717, 1.165) is 12.2 Å². The number of anilines is 1. The van der Waals surface area contributed by atoms with Gasteiger partial charge >= 0.3 is 5.97 Å². The molecule has 1 aromatic rings. The first-order valence-corrected chi connectivity index (χ1v) is 6.35. The third-order valence-electron chi connectivity index (χ3n) is 2.32. The van der Waals surface area contributed by atoms with Gasteiger partial charge in [0.25, 0.3) is 0 Å². The van der Waals surface area contributed by atoms with Crippen molar-refractivity contribution in [3.63, 3.8) is 0 Å². The van der Waals surface area contributed by atoms with E-state index in [4.69, 9.17) is 5.11 Å². The molecule has 1 unspecified atom stereocenters. The predicted octanol–water partition coefficient (Wildman–Crippen LogP) is 2.68. The van der Waals surface area contributed by atoms with Crippen LogP contribution >= 0.6 is 11.8 Å². The fraction of sp³-hybridized carbons (Fsp3) is 0.417. The summed E-state index contributed by atoms with van der Waals surface area (Å²) in [5.74, 6) is -0.620. The molecule has 0 radical (unpaired) electrons. The van der Waals surface area contributed by atoms with E-state index in [1.807, 2.05) is 37.3 Å². The third-order valence-corrected chi connectivity index (χ3v) is 3.47. The largest absolute Gasteiger partial charge is 0.481 e. The van der Waals surface area contributed by atoms with Gasteiger partial charge in [-0.3, -0.25) is 4.79 Å². The highest BCUT2D eigenvalue weighted by atomic mass is 32.2. The normalized spacial score (nSPS) is 12.1. The van der Waals surface area contributed by atoms with Crippen molar-refractivity contribution in [3.05, 3.63) is 30.3 Å². The van der Waals surface area contributed by atoms with Gasteiger partial charge in [-0.05, 0) is 26.0 Å². The van der Waals surface area contributed by atoms with E-state index in [-0.39, 0.29) is 11.1 Å². The van der Waals surface area contributed by atoms with E-state index >= 15 is 0 Å². The number of thioether (sulfide) groups is 1. The number of rotatable bonds is 6. The number of para-hydroxylation sites is 1. The van der Waals surface area contributed by atoms with Crippen LogP contribution in [0.5, 0.6) is 0 Å². The molecule has 1 rings (SSSR count). The van der Waals surface area contributed by atoms with Crippen LogP contribution in [0.4, 0.5) is 5.69 Å². The minimum atomic E-state index is -0.763. The molecule has 3 nitrogen and oxygen atoms in total. The lowest BCUT2D eigenvalue weighted by atomic mass is 10.3. The van der Waals surface area contributed by atoms with Crippen LogP contribution in [-0.4, -0.2) is 28.7 Å². The number of benzene rings is 1. The van der Waals surface area contributed by atoms with Crippen molar-refractivity contribution in [2.24, 2.45) is 0 Å². The van der Waals surface area contributed by atoms with Gasteiger partial charge in [0, 0.05) is 12.2 Å². The average Bonchev–Trinajstić information content (AvgIpc) is 2.29. The minimum absolute atomic E-state index is 0.143. The standard InChI is InChI=1S/C12H17NO2S/c1-3-13(10(2)16-9-12(14)15)11-7-5-4-6-8-11/h4-8,10H,3,9H2,1-2H3,(H,14,15). The molecule has 0 heterocycles. The number of carbonyl (C=O) groups is 1. The quantitative estimate of drug-likeness (QED) is 0.775. The van der Waals surface area contributed by atoms with Crippen LogP contribution in [-0.2, 0) is 4.79 Å². The van der Waals surface area contributed by atoms with Gasteiger partial charge in [0.2, 0.25) is 0 Å². The molecule has 0 aromatic heterocycles. The molecule has 0 amide bonds. The second kappa shape index (κ2) is 6.43. The smallest absolute Gasteiger partial charge is 0.313 e. The zero-order chi connectivity index (χ0) is 12.0. The molecular formula is C12H17NO2S. The van der Waals surface area contributed by atoms with Crippen molar-refractivity contribution in [2.45, 2.75) is 19.2 Å². The second-order valence-corrected chi connectivity index (χ2v) is 4.73. The summed E-state index contributed by atoms with van der Waals surface area (Å²) in [4.78, 5) is 12.7. The van der Waals surface area contributed by atoms with Crippen LogP contribution in [0.2, 0.25) is 0 Å². The second-order valence-electron chi connectivity index (χ2n) is 3.43. The fourth-order valence-electron chi connectivity index (χ4n) is 1.55. The van der Waals surface area contributed by atoms with Gasteiger partial charge in [-0.2, -0.15) is 0 Å². The van der Waals surface area contributed by atoms with E-state index in [9.17, 15) is 4.79 Å². The summed E-state index contributed by atoms with van der Waals surface area (Å²) < 4.78 is 0. The number of carboxylic acids is 1. The highest BCUT2D eigenvalue weighted by Crippen LogP contribution is 2.22. The molecule has 88 valence electrons. The Hall–Kier alpha value is -1.16. The van der Waals surface area contributed by atoms with E-state index in [1.54, 1.807) is 0 Å². The molecule has 4 heteroatoms. The highest BCUT2D eigenvalue weighted by molar-refractivity contribution is 8.00. The van der Waals surface area contributed by atoms with Crippen LogP contribution in [0.25, 0.3) is 0 Å². The lowest BCUT2D eigenvalue weighted by Crippen LogP contribution is -2.31. The Kier molecular flexibility index (Phi) is 5.19. The molecule has 0 aliphatic carbocycles. The van der Waals surface area contributed by atoms with Crippen molar-refractivity contribution in [1.82, 2.24) is 0 Å². The zero-order valence-corrected chi connectivity index (χ0v) is 10.4. The number of hydrogen-bond acceptors (Lipinski definition) is 3. The summed E-state index contributed by atoms with van der Waals surface area (Å²) in [6, 6.07) is 10.0.